The number of carbonyl (C=O) groups is 12. The molecule has 23 N–H and O–H groups in total. The van der Waals surface area contributed by atoms with Gasteiger partial charge in [0.25, 0.3) is 0 Å². The lowest BCUT2D eigenvalue weighted by molar-refractivity contribution is -0.293. The third kappa shape index (κ3) is 51.1. The second kappa shape index (κ2) is 73.1. The fraction of sp³-hybridized carbons (Fsp3) is 0.876. The number of ether oxygens (including phenoxy) is 12. The van der Waals surface area contributed by atoms with E-state index in [0.29, 0.717) is 64.6 Å². The molecule has 147 heavy (non-hydrogen) atoms. The maximum Gasteiger partial charge on any atom is 0.234 e. The number of Topliss-reactive ketones (excluding diaryl/α,β-unsaturated/α-hetero) is 7. The first-order valence-corrected chi connectivity index (χ1v) is 51.7. The zero-order valence-corrected chi connectivity index (χ0v) is 86.5. The minimum atomic E-state index is -1.49. The van der Waals surface area contributed by atoms with Crippen LogP contribution in [-0.2, 0) is 114 Å². The highest BCUT2D eigenvalue weighted by Crippen LogP contribution is 2.29. The minimum absolute atomic E-state index is 0.00275. The Hall–Kier alpha value is -6.28. The summed E-state index contributed by atoms with van der Waals surface area (Å²) in [5, 5.41) is 192. The van der Waals surface area contributed by atoms with Crippen LogP contribution in [0.4, 0.5) is 0 Å². The number of aliphatic hydroxyl groups is 18. The molecule has 6 heterocycles. The van der Waals surface area contributed by atoms with Crippen LogP contribution in [0.5, 0.6) is 0 Å². The predicted molar refractivity (Wildman–Crippen MR) is 516 cm³/mol. The molecule has 852 valence electrons. The highest BCUT2D eigenvalue weighted by Gasteiger charge is 2.48. The number of ketones is 7. The number of hydrogen-bond donors (Lipinski definition) is 23. The molecular weight excluding hydrogens is 1950 g/mol. The number of nitrogens with zero attached hydrogens (tertiary/aromatic N) is 3. The summed E-state index contributed by atoms with van der Waals surface area (Å²) in [5.74, 6) is -2.41. The van der Waals surface area contributed by atoms with E-state index in [0.717, 1.165) is 57.8 Å². The van der Waals surface area contributed by atoms with E-state index in [9.17, 15) is 149 Å². The van der Waals surface area contributed by atoms with E-state index < -0.39 is 202 Å². The van der Waals surface area contributed by atoms with Crippen LogP contribution in [-0.4, -0.2) is 492 Å². The minimum Gasteiger partial charge on any atom is -0.388 e. The Bertz CT molecular complexity index is 3260. The number of aliphatic hydroxyl groups excluding tert-OH is 18. The zero-order valence-electron chi connectivity index (χ0n) is 86.5. The van der Waals surface area contributed by atoms with E-state index in [-0.39, 0.29) is 228 Å². The van der Waals surface area contributed by atoms with Crippen molar-refractivity contribution in [3.05, 3.63) is 0 Å². The van der Waals surface area contributed by atoms with E-state index >= 15 is 0 Å². The van der Waals surface area contributed by atoms with Gasteiger partial charge in [0, 0.05) is 96.9 Å². The normalized spacial score (nSPS) is 30.3. The summed E-state index contributed by atoms with van der Waals surface area (Å²) < 4.78 is 65.0. The van der Waals surface area contributed by atoms with Crippen molar-refractivity contribution in [2.75, 3.05) is 131 Å². The molecule has 0 spiro atoms. The molecule has 0 aromatic rings. The van der Waals surface area contributed by atoms with Gasteiger partial charge in [-0.15, -0.1) is 0 Å². The Morgan fingerprint density at radius 3 is 0.633 bits per heavy atom. The van der Waals surface area contributed by atoms with Crippen LogP contribution in [0.15, 0.2) is 0 Å². The lowest BCUT2D eigenvalue weighted by Gasteiger charge is -2.38. The van der Waals surface area contributed by atoms with Gasteiger partial charge < -0.3 is 175 Å². The van der Waals surface area contributed by atoms with Gasteiger partial charge in [-0.25, -0.2) is 0 Å². The Kier molecular flexibility index (Phi) is 66.2. The molecule has 6 rings (SSSR count). The molecule has 5 amide bonds. The Morgan fingerprint density at radius 1 is 0.204 bits per heavy atom. The number of amides is 5. The topological polar surface area (TPSA) is 750 Å². The zero-order chi connectivity index (χ0) is 110. The van der Waals surface area contributed by atoms with Crippen LogP contribution in [0.3, 0.4) is 0 Å². The summed E-state index contributed by atoms with van der Waals surface area (Å²) in [7, 11) is 0. The van der Waals surface area contributed by atoms with Gasteiger partial charge in [-0.1, -0.05) is 39.0 Å². The number of hydrogen-bond acceptors (Lipinski definition) is 45. The first kappa shape index (κ1) is 133. The lowest BCUT2D eigenvalue weighted by atomic mass is 10.00. The number of unbranched alkanes of at least 4 members (excludes halogenated alkanes) is 8. The average molecular weight is 2120 g/mol. The van der Waals surface area contributed by atoms with Gasteiger partial charge in [0.1, 0.15) is 150 Å². The Labute approximate surface area is 858 Å². The van der Waals surface area contributed by atoms with E-state index in [1.165, 1.54) is 56.2 Å². The molecule has 50 heteroatoms. The predicted octanol–water partition coefficient (Wildman–Crippen LogP) is -6.30. The summed E-state index contributed by atoms with van der Waals surface area (Å²) in [4.78, 5) is 154. The summed E-state index contributed by atoms with van der Waals surface area (Å²) in [6, 6.07) is 0. The van der Waals surface area contributed by atoms with Crippen LogP contribution < -0.4 is 26.6 Å². The maximum atomic E-state index is 12.9. The average Bonchev–Trinajstić information content (AvgIpc) is 0.846. The molecule has 6 aliphatic rings. The smallest absolute Gasteiger partial charge is 0.234 e. The van der Waals surface area contributed by atoms with Gasteiger partial charge >= 0.3 is 0 Å². The SMILES string of the molecule is CCCC(=O)CCCCCNC(=O)CN(CC(=O)NCCO[C@@H]1O[C@@H](C)[C@@H](O)[C@@H](O)[C@@H]1O)CC(=O)NCCO[C@@H]1O[C@@H](C)[C@@H](O)[C@@H](O)[C@@H]1O.CCNC(=O)CCCCCCC(=O)CN(CC(=O)CCCO[C@@H]1O[C@@H](C)[C@@H](O)[C@@H](O)[C@@H]1O)CC(=O)CCCO[C@@H]1O[C@@H](C)[C@@H](O)[C@@H](O)[C@@H]1O.CCNC(=O)CCCCCCC(=O)CN(CC(=O)CCCO[C@@H]1O[C@@H](C)[C@@H](O)[C@@H](O)[C@@H]1O)CC(=O)CCCO[C@@H]1O[C@@H](C)[C@@H](O)[C@@H](O)[C@@H]1O. The van der Waals surface area contributed by atoms with Gasteiger partial charge in [0.2, 0.25) is 29.5 Å². The summed E-state index contributed by atoms with van der Waals surface area (Å²) >= 11 is 0. The molecule has 0 radical (unpaired) electrons. The van der Waals surface area contributed by atoms with Crippen molar-refractivity contribution in [2.24, 2.45) is 0 Å². The summed E-state index contributed by atoms with van der Waals surface area (Å²) in [6.45, 7) is 14.5. The highest BCUT2D eigenvalue weighted by molar-refractivity contribution is 5.88. The quantitative estimate of drug-likeness (QED) is 0.0252. The summed E-state index contributed by atoms with van der Waals surface area (Å²) in [5.41, 5.74) is 0. The van der Waals surface area contributed by atoms with Crippen molar-refractivity contribution in [2.45, 2.75) is 413 Å². The van der Waals surface area contributed by atoms with Crippen molar-refractivity contribution in [1.29, 1.82) is 0 Å². The van der Waals surface area contributed by atoms with Crippen LogP contribution >= 0.6 is 0 Å². The first-order valence-electron chi connectivity index (χ1n) is 51.7. The van der Waals surface area contributed by atoms with Crippen LogP contribution in [0, 0.1) is 0 Å². The van der Waals surface area contributed by atoms with Crippen molar-refractivity contribution < 1.29 is 206 Å². The molecule has 0 aromatic heterocycles. The molecule has 30 atom stereocenters. The Balaban J connectivity index is 0.000000459. The van der Waals surface area contributed by atoms with Crippen LogP contribution in [0.1, 0.15) is 229 Å². The van der Waals surface area contributed by atoms with Gasteiger partial charge in [-0.2, -0.15) is 0 Å². The number of nitrogens with one attached hydrogen (secondary N) is 5. The molecular formula is C97H172N8O42. The van der Waals surface area contributed by atoms with Crippen molar-refractivity contribution in [3.63, 3.8) is 0 Å². The molecule has 0 aliphatic carbocycles. The molecule has 0 saturated carbocycles. The van der Waals surface area contributed by atoms with Crippen LogP contribution in [0.25, 0.3) is 0 Å². The summed E-state index contributed by atoms with van der Waals surface area (Å²) in [6.07, 6.45) is -24.2. The first-order chi connectivity index (χ1) is 69.7. The van der Waals surface area contributed by atoms with E-state index in [4.69, 9.17) is 56.8 Å². The van der Waals surface area contributed by atoms with Crippen molar-refractivity contribution >= 4 is 70.0 Å². The highest BCUT2D eigenvalue weighted by atomic mass is 16.7. The molecule has 6 fully saturated rings. The third-order valence-corrected chi connectivity index (χ3v) is 25.2. The van der Waals surface area contributed by atoms with Gasteiger partial charge in [-0.3, -0.25) is 72.2 Å². The molecule has 0 unspecified atom stereocenters. The maximum absolute atomic E-state index is 12.9. The van der Waals surface area contributed by atoms with E-state index in [1.807, 2.05) is 20.8 Å². The van der Waals surface area contributed by atoms with Gasteiger partial charge in [0.15, 0.2) is 37.7 Å². The molecule has 0 bridgehead atoms. The molecule has 6 saturated heterocycles. The van der Waals surface area contributed by atoms with Gasteiger partial charge in [0.05, 0.1) is 135 Å². The number of rotatable bonds is 70. The third-order valence-electron chi connectivity index (χ3n) is 25.2. The monoisotopic (exact) mass is 2120 g/mol. The lowest BCUT2D eigenvalue weighted by Crippen LogP contribution is -2.57. The Morgan fingerprint density at radius 2 is 0.401 bits per heavy atom. The van der Waals surface area contributed by atoms with Crippen LogP contribution in [0.2, 0.25) is 0 Å². The molecule has 50 nitrogen and oxygen atoms in total. The fourth-order valence-corrected chi connectivity index (χ4v) is 16.5. The molecule has 6 aliphatic heterocycles. The van der Waals surface area contributed by atoms with E-state index in [2.05, 4.69) is 26.6 Å². The largest absolute Gasteiger partial charge is 0.388 e. The van der Waals surface area contributed by atoms with Crippen molar-refractivity contribution in [1.82, 2.24) is 41.3 Å². The second-order valence-electron chi connectivity index (χ2n) is 38.3. The molecule has 0 aromatic carbocycles. The number of carbonyl (C=O) groups excluding carboxylic acids is 12. The second-order valence-corrected chi connectivity index (χ2v) is 38.3. The van der Waals surface area contributed by atoms with Crippen molar-refractivity contribution in [3.8, 4) is 0 Å². The van der Waals surface area contributed by atoms with E-state index in [1.54, 1.807) is 0 Å². The standard InChI is InChI=1S/2C33H58N2O14.C31H56N4O14/c2*1-4-34-25(39)14-8-6-5-7-11-22(36)17-35(18-23(37)12-9-15-46-32-30(44)28(42)26(40)20(2)48-32)19-24(38)13-10-16-47-33-31(45)29(43)27(41)21(3)49-33;1-4-8-20(36)9-6-5-7-10-32-21(37)15-35(16-22(38)33-11-13-46-30-28(44)26(42)24(40)18(2)48-30)17-23(39)34-12-14-47-31-29(45)27(43)25(41)19(3)49-31/h2*20-21,26-33,40-45H,4-19H2,1-3H3,(H,34,39);18-19,24-31,40-45H,4-17H2,1-3H3,(H,32,37)(H,33,38)(H,34,39)/t2*20-,21-,26+,27+,28+,29+,30-,31-,32+,33+;18-,19-,24+,25+,26+,27+,28-,29-,30+,31+/m000/s1. The fourth-order valence-electron chi connectivity index (χ4n) is 16.5. The van der Waals surface area contributed by atoms with Gasteiger partial charge in [-0.05, 0) is 126 Å².